The highest BCUT2D eigenvalue weighted by atomic mass is 19.4. The molecule has 4 nitrogen and oxygen atoms in total. The van der Waals surface area contributed by atoms with Gasteiger partial charge >= 0.3 is 6.36 Å². The number of rotatable bonds is 9. The van der Waals surface area contributed by atoms with Crippen LogP contribution in [0.1, 0.15) is 30.9 Å². The van der Waals surface area contributed by atoms with E-state index < -0.39 is 12.0 Å². The second-order valence-electron chi connectivity index (χ2n) is 9.51. The minimum atomic E-state index is -4.73. The van der Waals surface area contributed by atoms with E-state index in [9.17, 15) is 18.3 Å². The maximum Gasteiger partial charge on any atom is 0.573 e. The number of piperidine rings is 1. The highest BCUT2D eigenvalue weighted by Crippen LogP contribution is 2.42. The van der Waals surface area contributed by atoms with Crippen LogP contribution in [-0.4, -0.2) is 42.6 Å². The van der Waals surface area contributed by atoms with E-state index in [0.717, 1.165) is 43.6 Å². The molecule has 1 atom stereocenters. The van der Waals surface area contributed by atoms with E-state index in [2.05, 4.69) is 16.6 Å². The molecule has 1 fully saturated rings. The smallest absolute Gasteiger partial charge is 0.493 e. The summed E-state index contributed by atoms with van der Waals surface area (Å²) in [7, 11) is 0. The van der Waals surface area contributed by atoms with Crippen molar-refractivity contribution in [1.82, 2.24) is 4.90 Å². The van der Waals surface area contributed by atoms with Gasteiger partial charge in [0.1, 0.15) is 17.1 Å². The van der Waals surface area contributed by atoms with E-state index in [-0.39, 0.29) is 17.6 Å². The van der Waals surface area contributed by atoms with Crippen molar-refractivity contribution in [2.75, 3.05) is 26.2 Å². The van der Waals surface area contributed by atoms with Crippen LogP contribution in [-0.2, 0) is 5.60 Å². The van der Waals surface area contributed by atoms with Crippen molar-refractivity contribution in [3.63, 3.8) is 0 Å². The summed E-state index contributed by atoms with van der Waals surface area (Å²) in [5.41, 5.74) is 0.772. The van der Waals surface area contributed by atoms with Gasteiger partial charge in [-0.2, -0.15) is 0 Å². The third kappa shape index (κ3) is 6.59. The van der Waals surface area contributed by atoms with Gasteiger partial charge < -0.3 is 19.5 Å². The summed E-state index contributed by atoms with van der Waals surface area (Å²) in [5, 5.41) is 12.0. The van der Waals surface area contributed by atoms with Crippen LogP contribution in [0, 0.1) is 11.8 Å². The lowest BCUT2D eigenvalue weighted by molar-refractivity contribution is -0.274. The fraction of sp³-hybridized carbons (Fsp3) is 0.379. The summed E-state index contributed by atoms with van der Waals surface area (Å²) in [4.78, 5) is 2.37. The topological polar surface area (TPSA) is 41.9 Å². The Bertz CT molecular complexity index is 1040. The van der Waals surface area contributed by atoms with Gasteiger partial charge in [0.25, 0.3) is 0 Å². The van der Waals surface area contributed by atoms with Crippen LogP contribution in [0.2, 0.25) is 0 Å². The molecule has 0 saturated carbocycles. The molecule has 0 bridgehead atoms. The zero-order valence-electron chi connectivity index (χ0n) is 20.3. The summed E-state index contributed by atoms with van der Waals surface area (Å²) < 4.78 is 47.1. The number of halogens is 3. The molecule has 3 aromatic rings. The van der Waals surface area contributed by atoms with Crippen LogP contribution in [0.25, 0.3) is 0 Å². The summed E-state index contributed by atoms with van der Waals surface area (Å²) in [5.74, 6) is 0.314. The largest absolute Gasteiger partial charge is 0.573 e. The van der Waals surface area contributed by atoms with Gasteiger partial charge in [-0.25, -0.2) is 0 Å². The summed E-state index contributed by atoms with van der Waals surface area (Å²) in [6, 6.07) is 25.3. The van der Waals surface area contributed by atoms with Crippen molar-refractivity contribution >= 4 is 0 Å². The molecule has 1 heterocycles. The van der Waals surface area contributed by atoms with Crippen LogP contribution in [0.5, 0.6) is 11.5 Å². The summed E-state index contributed by atoms with van der Waals surface area (Å²) in [6.07, 6.45) is -3.03. The van der Waals surface area contributed by atoms with Crippen LogP contribution in [0.4, 0.5) is 13.2 Å². The molecular formula is C29H32F3NO3. The van der Waals surface area contributed by atoms with Crippen molar-refractivity contribution in [2.24, 2.45) is 11.8 Å². The van der Waals surface area contributed by atoms with Crippen molar-refractivity contribution in [3.8, 4) is 11.5 Å². The predicted molar refractivity (Wildman–Crippen MR) is 133 cm³/mol. The van der Waals surface area contributed by atoms with Gasteiger partial charge in [0.05, 0.1) is 6.61 Å². The molecule has 0 aliphatic carbocycles. The number of alkyl halides is 3. The number of hydrogen-bond acceptors (Lipinski definition) is 4. The Morgan fingerprint density at radius 1 is 0.861 bits per heavy atom. The minimum absolute atomic E-state index is 0.0847. The lowest BCUT2D eigenvalue weighted by Gasteiger charge is -2.42. The second kappa shape index (κ2) is 11.4. The number of likely N-dealkylation sites (tertiary alicyclic amines) is 1. The standard InChI is InChI=1S/C29H32F3NO3/c1-22(21-35-26-13-8-14-27(19-26)36-29(30,31)32)20-33-17-15-25(16-18-33)28(34,23-9-4-2-5-10-23)24-11-6-3-7-12-24/h2-14,19,22,25,34H,15-18,20-21H2,1H3. The van der Waals surface area contributed by atoms with Gasteiger partial charge in [-0.15, -0.1) is 13.2 Å². The molecular weight excluding hydrogens is 467 g/mol. The molecule has 0 spiro atoms. The average molecular weight is 500 g/mol. The molecule has 0 radical (unpaired) electrons. The van der Waals surface area contributed by atoms with E-state index in [4.69, 9.17) is 4.74 Å². The second-order valence-corrected chi connectivity index (χ2v) is 9.51. The Morgan fingerprint density at radius 3 is 1.97 bits per heavy atom. The van der Waals surface area contributed by atoms with Crippen LogP contribution >= 0.6 is 0 Å². The Morgan fingerprint density at radius 2 is 1.42 bits per heavy atom. The normalized spacial score (nSPS) is 16.5. The molecule has 1 N–H and O–H groups in total. The molecule has 1 unspecified atom stereocenters. The summed E-state index contributed by atoms with van der Waals surface area (Å²) in [6.45, 7) is 4.96. The van der Waals surface area contributed by atoms with Gasteiger partial charge in [-0.05, 0) is 55.1 Å². The van der Waals surface area contributed by atoms with Gasteiger partial charge in [-0.3, -0.25) is 0 Å². The first kappa shape index (κ1) is 26.0. The van der Waals surface area contributed by atoms with E-state index in [0.29, 0.717) is 12.4 Å². The van der Waals surface area contributed by atoms with Crippen molar-refractivity contribution < 1.29 is 27.8 Å². The van der Waals surface area contributed by atoms with Gasteiger partial charge in [0, 0.05) is 18.5 Å². The zero-order valence-corrected chi connectivity index (χ0v) is 20.3. The Hall–Kier alpha value is -3.03. The number of hydrogen-bond donors (Lipinski definition) is 1. The van der Waals surface area contributed by atoms with E-state index in [1.54, 1.807) is 6.07 Å². The highest BCUT2D eigenvalue weighted by molar-refractivity contribution is 5.37. The summed E-state index contributed by atoms with van der Waals surface area (Å²) >= 11 is 0. The van der Waals surface area contributed by atoms with E-state index in [1.165, 1.54) is 18.2 Å². The number of aliphatic hydroxyl groups is 1. The predicted octanol–water partition coefficient (Wildman–Crippen LogP) is 6.25. The lowest BCUT2D eigenvalue weighted by atomic mass is 9.72. The number of benzene rings is 3. The molecule has 0 aromatic heterocycles. The van der Waals surface area contributed by atoms with E-state index >= 15 is 0 Å². The molecule has 7 heteroatoms. The van der Waals surface area contributed by atoms with Crippen molar-refractivity contribution in [2.45, 2.75) is 31.7 Å². The first-order valence-corrected chi connectivity index (χ1v) is 12.3. The maximum atomic E-state index is 12.5. The molecule has 0 amide bonds. The third-order valence-corrected chi connectivity index (χ3v) is 6.75. The Balaban J connectivity index is 1.33. The monoisotopic (exact) mass is 499 g/mol. The van der Waals surface area contributed by atoms with Gasteiger partial charge in [0.2, 0.25) is 0 Å². The van der Waals surface area contributed by atoms with Crippen LogP contribution in [0.3, 0.4) is 0 Å². The molecule has 1 aliphatic rings. The molecule has 1 saturated heterocycles. The molecule has 3 aromatic carbocycles. The lowest BCUT2D eigenvalue weighted by Crippen LogP contribution is -2.45. The fourth-order valence-electron chi connectivity index (χ4n) is 5.05. The quantitative estimate of drug-likeness (QED) is 0.378. The van der Waals surface area contributed by atoms with Crippen LogP contribution < -0.4 is 9.47 Å². The first-order chi connectivity index (χ1) is 17.2. The fourth-order valence-corrected chi connectivity index (χ4v) is 5.05. The Kier molecular flexibility index (Phi) is 8.21. The molecule has 192 valence electrons. The average Bonchev–Trinajstić information content (AvgIpc) is 2.88. The van der Waals surface area contributed by atoms with Crippen molar-refractivity contribution in [1.29, 1.82) is 0 Å². The number of ether oxygens (including phenoxy) is 2. The van der Waals surface area contributed by atoms with Gasteiger partial charge in [-0.1, -0.05) is 73.7 Å². The highest BCUT2D eigenvalue weighted by Gasteiger charge is 2.41. The molecule has 1 aliphatic heterocycles. The Labute approximate surface area is 210 Å². The zero-order chi connectivity index (χ0) is 25.6. The molecule has 36 heavy (non-hydrogen) atoms. The third-order valence-electron chi connectivity index (χ3n) is 6.75. The number of nitrogens with zero attached hydrogens (tertiary/aromatic N) is 1. The van der Waals surface area contributed by atoms with Crippen molar-refractivity contribution in [3.05, 3.63) is 96.1 Å². The maximum absolute atomic E-state index is 12.5. The SMILES string of the molecule is CC(COc1cccc(OC(F)(F)F)c1)CN1CCC(C(O)(c2ccccc2)c2ccccc2)CC1. The minimum Gasteiger partial charge on any atom is -0.493 e. The van der Waals surface area contributed by atoms with Crippen LogP contribution in [0.15, 0.2) is 84.9 Å². The first-order valence-electron chi connectivity index (χ1n) is 12.3. The molecule has 4 rings (SSSR count). The van der Waals surface area contributed by atoms with Gasteiger partial charge in [0.15, 0.2) is 0 Å². The van der Waals surface area contributed by atoms with E-state index in [1.807, 2.05) is 60.7 Å².